The Bertz CT molecular complexity index is 56.8. The van der Waals surface area contributed by atoms with Gasteiger partial charge in [-0.15, -0.1) is 0 Å². The van der Waals surface area contributed by atoms with Crippen LogP contribution in [0.2, 0.25) is 0 Å². The minimum atomic E-state index is 0.0179. The van der Waals surface area contributed by atoms with E-state index in [1.165, 1.54) is 0 Å². The molecule has 1 saturated heterocycles. The molecule has 1 fully saturated rings. The number of epoxide rings is 1. The summed E-state index contributed by atoms with van der Waals surface area (Å²) < 4.78 is 4.80. The molecule has 1 heterocycles. The van der Waals surface area contributed by atoms with Crippen molar-refractivity contribution < 1.29 is 4.74 Å². The lowest BCUT2D eigenvalue weighted by atomic mass is 10.5. The van der Waals surface area contributed by atoms with Gasteiger partial charge in [0.25, 0.3) is 0 Å². The number of rotatable bonds is 1. The van der Waals surface area contributed by atoms with E-state index in [-0.39, 0.29) is 6.23 Å². The summed E-state index contributed by atoms with van der Waals surface area (Å²) in [4.78, 5) is 0. The predicted octanol–water partition coefficient (Wildman–Crippen LogP) is 0.0649. The summed E-state index contributed by atoms with van der Waals surface area (Å²) in [5.74, 6) is 0. The molecule has 2 atom stereocenters. The lowest BCUT2D eigenvalue weighted by Gasteiger charge is -1.70. The SMILES string of the molecule is NC1OC1CBr. The molecule has 0 aromatic carbocycles. The van der Waals surface area contributed by atoms with E-state index in [2.05, 4.69) is 15.9 Å². The van der Waals surface area contributed by atoms with E-state index in [0.29, 0.717) is 6.10 Å². The first kappa shape index (κ1) is 4.56. The van der Waals surface area contributed by atoms with Crippen LogP contribution in [0.25, 0.3) is 0 Å². The van der Waals surface area contributed by atoms with E-state index in [9.17, 15) is 0 Å². The van der Waals surface area contributed by atoms with Crippen molar-refractivity contribution >= 4 is 15.9 Å². The zero-order chi connectivity index (χ0) is 4.57. The smallest absolute Gasteiger partial charge is 0.133 e. The number of ether oxygens (including phenoxy) is 1. The van der Waals surface area contributed by atoms with Crippen LogP contribution in [0, 0.1) is 0 Å². The van der Waals surface area contributed by atoms with Crippen molar-refractivity contribution in [2.24, 2.45) is 5.73 Å². The Hall–Kier alpha value is 0.400. The first-order valence-electron chi connectivity index (χ1n) is 1.81. The van der Waals surface area contributed by atoms with Gasteiger partial charge in [-0.3, -0.25) is 0 Å². The number of halogens is 1. The van der Waals surface area contributed by atoms with E-state index in [1.807, 2.05) is 0 Å². The molecule has 2 N–H and O–H groups in total. The van der Waals surface area contributed by atoms with Gasteiger partial charge in [0, 0.05) is 5.33 Å². The molecule has 6 heavy (non-hydrogen) atoms. The van der Waals surface area contributed by atoms with E-state index in [1.54, 1.807) is 0 Å². The van der Waals surface area contributed by atoms with Crippen LogP contribution in [0.5, 0.6) is 0 Å². The summed E-state index contributed by atoms with van der Waals surface area (Å²) in [7, 11) is 0. The lowest BCUT2D eigenvalue weighted by molar-refractivity contribution is 0.385. The van der Waals surface area contributed by atoms with Crippen LogP contribution in [-0.4, -0.2) is 17.7 Å². The number of hydrogen-bond acceptors (Lipinski definition) is 2. The second-order valence-electron chi connectivity index (χ2n) is 1.29. The largest absolute Gasteiger partial charge is 0.353 e. The molecule has 1 rings (SSSR count). The standard InChI is InChI=1S/C3H6BrNO/c4-1-2-3(5)6-2/h2-3H,1,5H2. The average molecular weight is 152 g/mol. The summed E-state index contributed by atoms with van der Waals surface area (Å²) in [5.41, 5.74) is 5.22. The van der Waals surface area contributed by atoms with Crippen molar-refractivity contribution in [3.8, 4) is 0 Å². The summed E-state index contributed by atoms with van der Waals surface area (Å²) in [5, 5.41) is 0.869. The highest BCUT2D eigenvalue weighted by Crippen LogP contribution is 2.17. The lowest BCUT2D eigenvalue weighted by Crippen LogP contribution is -2.05. The second-order valence-corrected chi connectivity index (χ2v) is 1.94. The van der Waals surface area contributed by atoms with Gasteiger partial charge in [-0.25, -0.2) is 0 Å². The molecule has 0 aromatic heterocycles. The molecule has 3 heteroatoms. The Morgan fingerprint density at radius 2 is 2.33 bits per heavy atom. The summed E-state index contributed by atoms with van der Waals surface area (Å²) >= 11 is 3.21. The van der Waals surface area contributed by atoms with E-state index < -0.39 is 0 Å². The molecule has 0 aliphatic carbocycles. The third-order valence-corrected chi connectivity index (χ3v) is 1.41. The number of alkyl halides is 1. The van der Waals surface area contributed by atoms with Crippen LogP contribution in [0.4, 0.5) is 0 Å². The summed E-state index contributed by atoms with van der Waals surface area (Å²) in [6.07, 6.45) is 0.314. The van der Waals surface area contributed by atoms with Gasteiger partial charge in [-0.05, 0) is 0 Å². The molecule has 0 bridgehead atoms. The van der Waals surface area contributed by atoms with Crippen molar-refractivity contribution in [3.05, 3.63) is 0 Å². The van der Waals surface area contributed by atoms with Crippen molar-refractivity contribution in [1.82, 2.24) is 0 Å². The maximum Gasteiger partial charge on any atom is 0.133 e. The Morgan fingerprint density at radius 1 is 1.83 bits per heavy atom. The van der Waals surface area contributed by atoms with E-state index in [4.69, 9.17) is 10.5 Å². The quantitative estimate of drug-likeness (QED) is 0.426. The Morgan fingerprint density at radius 3 is 2.33 bits per heavy atom. The van der Waals surface area contributed by atoms with Gasteiger partial charge < -0.3 is 10.5 Å². The zero-order valence-electron chi connectivity index (χ0n) is 3.23. The number of hydrogen-bond donors (Lipinski definition) is 1. The van der Waals surface area contributed by atoms with Crippen LogP contribution in [0.15, 0.2) is 0 Å². The first-order chi connectivity index (χ1) is 2.84. The predicted molar refractivity (Wildman–Crippen MR) is 26.6 cm³/mol. The van der Waals surface area contributed by atoms with Crippen molar-refractivity contribution in [1.29, 1.82) is 0 Å². The minimum Gasteiger partial charge on any atom is -0.353 e. The summed E-state index contributed by atoms with van der Waals surface area (Å²) in [6, 6.07) is 0. The molecule has 0 radical (unpaired) electrons. The molecule has 1 aliphatic rings. The fourth-order valence-corrected chi connectivity index (χ4v) is 0.802. The average Bonchev–Trinajstić information content (AvgIpc) is 2.19. The third kappa shape index (κ3) is 0.721. The van der Waals surface area contributed by atoms with Gasteiger partial charge in [-0.1, -0.05) is 15.9 Å². The van der Waals surface area contributed by atoms with Crippen LogP contribution in [-0.2, 0) is 4.74 Å². The van der Waals surface area contributed by atoms with Crippen LogP contribution < -0.4 is 5.73 Å². The van der Waals surface area contributed by atoms with Gasteiger partial charge in [0.1, 0.15) is 12.3 Å². The number of nitrogens with two attached hydrogens (primary N) is 1. The minimum absolute atomic E-state index is 0.0179. The van der Waals surface area contributed by atoms with Crippen molar-refractivity contribution in [2.75, 3.05) is 5.33 Å². The van der Waals surface area contributed by atoms with E-state index in [0.717, 1.165) is 5.33 Å². The van der Waals surface area contributed by atoms with Gasteiger partial charge in [0.15, 0.2) is 0 Å². The van der Waals surface area contributed by atoms with Crippen LogP contribution >= 0.6 is 15.9 Å². The highest BCUT2D eigenvalue weighted by molar-refractivity contribution is 9.09. The Labute approximate surface area is 44.8 Å². The van der Waals surface area contributed by atoms with Crippen molar-refractivity contribution in [2.45, 2.75) is 12.3 Å². The highest BCUT2D eigenvalue weighted by Gasteiger charge is 2.33. The monoisotopic (exact) mass is 151 g/mol. The highest BCUT2D eigenvalue weighted by atomic mass is 79.9. The van der Waals surface area contributed by atoms with Gasteiger partial charge in [0.2, 0.25) is 0 Å². The molecule has 36 valence electrons. The second kappa shape index (κ2) is 1.48. The summed E-state index contributed by atoms with van der Waals surface area (Å²) in [6.45, 7) is 0. The molecule has 0 spiro atoms. The molecule has 0 aromatic rings. The zero-order valence-corrected chi connectivity index (χ0v) is 4.81. The van der Waals surface area contributed by atoms with Crippen molar-refractivity contribution in [3.63, 3.8) is 0 Å². The van der Waals surface area contributed by atoms with E-state index >= 15 is 0 Å². The molecule has 2 unspecified atom stereocenters. The normalized spacial score (nSPS) is 43.0. The molecule has 0 amide bonds. The Balaban J connectivity index is 2.09. The first-order valence-corrected chi connectivity index (χ1v) is 2.94. The third-order valence-electron chi connectivity index (χ3n) is 0.774. The van der Waals surface area contributed by atoms with Gasteiger partial charge in [-0.2, -0.15) is 0 Å². The maximum absolute atomic E-state index is 5.22. The van der Waals surface area contributed by atoms with Gasteiger partial charge >= 0.3 is 0 Å². The van der Waals surface area contributed by atoms with Crippen LogP contribution in [0.1, 0.15) is 0 Å². The van der Waals surface area contributed by atoms with Crippen LogP contribution in [0.3, 0.4) is 0 Å². The fourth-order valence-electron chi connectivity index (χ4n) is 0.281. The fraction of sp³-hybridized carbons (Fsp3) is 1.00. The molecule has 0 saturated carbocycles. The van der Waals surface area contributed by atoms with Gasteiger partial charge in [0.05, 0.1) is 0 Å². The Kier molecular flexibility index (Phi) is 1.13. The molecular weight excluding hydrogens is 146 g/mol. The topological polar surface area (TPSA) is 38.5 Å². The maximum atomic E-state index is 5.22. The molecule has 1 aliphatic heterocycles. The molecule has 2 nitrogen and oxygen atoms in total. The molecular formula is C3H6BrNO.